The summed E-state index contributed by atoms with van der Waals surface area (Å²) in [5.41, 5.74) is 12.5. The molecule has 5 rings (SSSR count). The standard InChI is InChI=1S/C22H27F2N7O.C8H14FNO.2CH4.H2S/c1-12-6-17-16(8-26-29-17)19(13(12)2)31-5-4-15-18(9-31)27-21(28-20(15)25)32-10-14-7-22(23,24)11-30(14)3;1-3-10(4-2)8(11)6-5-7-9;;;/h6,8,14H,4-5,7,9-11H2,1-3H3,(H,26,29)(H2,25,27,28);5-6H,3-4,7H2,1-2H3;2*1H4;1H2/b;6-5+;;;/t14-;;;;/m0..../s1. The van der Waals surface area contributed by atoms with Crippen LogP contribution < -0.4 is 15.4 Å². The number of aryl methyl sites for hydroxylation is 1. The van der Waals surface area contributed by atoms with E-state index in [1.54, 1.807) is 16.8 Å². The zero-order chi connectivity index (χ0) is 31.3. The molecule has 2 aromatic heterocycles. The zero-order valence-electron chi connectivity index (χ0n) is 26.0. The fourth-order valence-electron chi connectivity index (χ4n) is 5.61. The summed E-state index contributed by atoms with van der Waals surface area (Å²) in [7, 11) is 1.68. The largest absolute Gasteiger partial charge is 0.462 e. The summed E-state index contributed by atoms with van der Waals surface area (Å²) >= 11 is 0. The summed E-state index contributed by atoms with van der Waals surface area (Å²) in [4.78, 5) is 25.5. The molecule has 14 heteroatoms. The van der Waals surface area contributed by atoms with Crippen LogP contribution in [0.1, 0.15) is 57.5 Å². The van der Waals surface area contributed by atoms with E-state index in [0.29, 0.717) is 31.9 Å². The Morgan fingerprint density at radius 2 is 1.93 bits per heavy atom. The lowest BCUT2D eigenvalue weighted by Crippen LogP contribution is -2.33. The fraction of sp³-hybridized carbons (Fsp3) is 0.562. The maximum atomic E-state index is 13.7. The van der Waals surface area contributed by atoms with Crippen LogP contribution >= 0.6 is 13.5 Å². The van der Waals surface area contributed by atoms with Gasteiger partial charge in [-0.15, -0.1) is 0 Å². The summed E-state index contributed by atoms with van der Waals surface area (Å²) in [6.07, 6.45) is 4.83. The number of likely N-dealkylation sites (tertiary alicyclic amines) is 1. The number of hydrogen-bond donors (Lipinski definition) is 2. The number of aromatic amines is 1. The average Bonchev–Trinajstić information content (AvgIpc) is 3.53. The van der Waals surface area contributed by atoms with Gasteiger partial charge in [0.25, 0.3) is 5.92 Å². The number of aromatic nitrogens is 4. The lowest BCUT2D eigenvalue weighted by molar-refractivity contribution is -0.125. The molecule has 0 radical (unpaired) electrons. The van der Waals surface area contributed by atoms with E-state index in [9.17, 15) is 18.0 Å². The number of benzene rings is 1. The van der Waals surface area contributed by atoms with Crippen LogP contribution in [0, 0.1) is 13.8 Å². The molecule has 46 heavy (non-hydrogen) atoms. The van der Waals surface area contributed by atoms with Gasteiger partial charge < -0.3 is 20.3 Å². The second-order valence-electron chi connectivity index (χ2n) is 11.0. The normalized spacial score (nSPS) is 16.9. The van der Waals surface area contributed by atoms with E-state index in [-0.39, 0.29) is 65.9 Å². The number of nitrogen functional groups attached to an aromatic ring is 1. The Labute approximate surface area is 278 Å². The molecule has 0 unspecified atom stereocenters. The first kappa shape index (κ1) is 40.5. The molecule has 1 atom stereocenters. The van der Waals surface area contributed by atoms with Crippen LogP contribution in [0.15, 0.2) is 24.4 Å². The number of nitrogens with one attached hydrogen (secondary N) is 1. The Balaban J connectivity index is 0.000000657. The van der Waals surface area contributed by atoms with Gasteiger partial charge >= 0.3 is 6.01 Å². The SMILES string of the molecule is C.C.CCN(CC)C(=O)/C=C/CF.Cc1cc2[nH]ncc2c(N2CCc3c(N)nc(OC[C@@H]4CC(F)(F)CN4C)nc3C2)c1C.S. The van der Waals surface area contributed by atoms with Gasteiger partial charge in [0, 0.05) is 49.1 Å². The van der Waals surface area contributed by atoms with Crippen molar-refractivity contribution >= 4 is 41.8 Å². The monoisotopic (exact) mass is 668 g/mol. The number of carbonyl (C=O) groups is 1. The summed E-state index contributed by atoms with van der Waals surface area (Å²) in [6, 6.07) is 1.86. The van der Waals surface area contributed by atoms with E-state index in [4.69, 9.17) is 10.5 Å². The number of anilines is 2. The molecule has 3 N–H and O–H groups in total. The van der Waals surface area contributed by atoms with Crippen LogP contribution in [0.4, 0.5) is 24.7 Å². The molecule has 0 bridgehead atoms. The van der Waals surface area contributed by atoms with Gasteiger partial charge in [-0.05, 0) is 64.4 Å². The Morgan fingerprint density at radius 1 is 1.24 bits per heavy atom. The van der Waals surface area contributed by atoms with E-state index in [1.807, 2.05) is 20.0 Å². The number of ether oxygens (including phenoxy) is 1. The highest BCUT2D eigenvalue weighted by Crippen LogP contribution is 2.36. The van der Waals surface area contributed by atoms with Gasteiger partial charge in [-0.3, -0.25) is 14.8 Å². The number of hydrogen-bond acceptors (Lipinski definition) is 8. The highest BCUT2D eigenvalue weighted by atomic mass is 32.1. The van der Waals surface area contributed by atoms with Gasteiger partial charge in [0.2, 0.25) is 5.91 Å². The molecule has 1 fully saturated rings. The molecule has 3 aromatic rings. The second kappa shape index (κ2) is 17.4. The minimum Gasteiger partial charge on any atom is -0.462 e. The number of nitrogens with two attached hydrogens (primary N) is 1. The van der Waals surface area contributed by atoms with Crippen LogP contribution in [0.3, 0.4) is 0 Å². The van der Waals surface area contributed by atoms with E-state index in [1.165, 1.54) is 23.3 Å². The van der Waals surface area contributed by atoms with Gasteiger partial charge in [-0.25, -0.2) is 13.2 Å². The molecular weight excluding hydrogens is 617 g/mol. The first-order valence-corrected chi connectivity index (χ1v) is 14.5. The molecule has 0 aliphatic carbocycles. The summed E-state index contributed by atoms with van der Waals surface area (Å²) < 4.78 is 44.6. The van der Waals surface area contributed by atoms with Gasteiger partial charge in [0.05, 0.1) is 36.2 Å². The van der Waals surface area contributed by atoms with Crippen molar-refractivity contribution in [3.05, 3.63) is 46.8 Å². The molecule has 2 aliphatic heterocycles. The van der Waals surface area contributed by atoms with E-state index < -0.39 is 12.6 Å². The Hall–Kier alpha value is -3.52. The zero-order valence-corrected chi connectivity index (χ0v) is 27.0. The van der Waals surface area contributed by atoms with Gasteiger partial charge in [-0.2, -0.15) is 28.6 Å². The Bertz CT molecular complexity index is 1460. The van der Waals surface area contributed by atoms with Crippen molar-refractivity contribution in [1.82, 2.24) is 30.0 Å². The first-order valence-electron chi connectivity index (χ1n) is 14.5. The molecule has 10 nitrogen and oxygen atoms in total. The Kier molecular flexibility index (Phi) is 15.3. The number of nitrogens with zero attached hydrogens (tertiary/aromatic N) is 6. The third-order valence-corrected chi connectivity index (χ3v) is 8.09. The van der Waals surface area contributed by atoms with E-state index in [2.05, 4.69) is 45.0 Å². The number of likely N-dealkylation sites (N-methyl/N-ethyl adjacent to an activating group) is 2. The van der Waals surface area contributed by atoms with Crippen molar-refractivity contribution < 1.29 is 22.7 Å². The summed E-state index contributed by atoms with van der Waals surface area (Å²) in [6.45, 7) is 9.94. The molecule has 1 aromatic carbocycles. The Morgan fingerprint density at radius 3 is 2.54 bits per heavy atom. The number of alkyl halides is 3. The lowest BCUT2D eigenvalue weighted by Gasteiger charge is -2.32. The predicted octanol–water partition coefficient (Wildman–Crippen LogP) is 5.60. The number of allylic oxidation sites excluding steroid dienone is 1. The molecule has 1 saturated heterocycles. The number of H-pyrrole nitrogens is 1. The molecular formula is C32H51F3N8O2S. The van der Waals surface area contributed by atoms with Crippen LogP contribution in [0.2, 0.25) is 0 Å². The van der Waals surface area contributed by atoms with Crippen molar-refractivity contribution in [1.29, 1.82) is 0 Å². The maximum absolute atomic E-state index is 13.7. The van der Waals surface area contributed by atoms with E-state index in [0.717, 1.165) is 34.4 Å². The number of amides is 1. The van der Waals surface area contributed by atoms with Gasteiger partial charge in [0.1, 0.15) is 19.1 Å². The molecule has 2 aliphatic rings. The number of carbonyl (C=O) groups excluding carboxylic acids is 1. The summed E-state index contributed by atoms with van der Waals surface area (Å²) in [5.74, 6) is -2.42. The average molecular weight is 669 g/mol. The quantitative estimate of drug-likeness (QED) is 0.298. The lowest BCUT2D eigenvalue weighted by atomic mass is 9.99. The number of halogens is 3. The number of rotatable bonds is 8. The van der Waals surface area contributed by atoms with Gasteiger partial charge in [0.15, 0.2) is 0 Å². The maximum Gasteiger partial charge on any atom is 0.318 e. The highest BCUT2D eigenvalue weighted by Gasteiger charge is 2.43. The third kappa shape index (κ3) is 9.27. The van der Waals surface area contributed by atoms with Crippen LogP contribution in [-0.2, 0) is 17.8 Å². The topological polar surface area (TPSA) is 116 Å². The number of fused-ring (bicyclic) bond motifs is 2. The van der Waals surface area contributed by atoms with Crippen molar-refractivity contribution in [3.8, 4) is 6.01 Å². The molecule has 258 valence electrons. The highest BCUT2D eigenvalue weighted by molar-refractivity contribution is 7.59. The predicted molar refractivity (Wildman–Crippen MR) is 185 cm³/mol. The third-order valence-electron chi connectivity index (χ3n) is 8.09. The summed E-state index contributed by atoms with van der Waals surface area (Å²) in [5, 5.41) is 8.34. The van der Waals surface area contributed by atoms with Crippen LogP contribution in [-0.4, -0.2) is 94.3 Å². The molecule has 0 spiro atoms. The van der Waals surface area contributed by atoms with E-state index >= 15 is 0 Å². The minimum atomic E-state index is -2.69. The van der Waals surface area contributed by atoms with Gasteiger partial charge in [-0.1, -0.05) is 14.9 Å². The van der Waals surface area contributed by atoms with Crippen molar-refractivity contribution in [2.24, 2.45) is 0 Å². The molecule has 0 saturated carbocycles. The molecule has 4 heterocycles. The molecule has 1 amide bonds. The van der Waals surface area contributed by atoms with Crippen molar-refractivity contribution in [2.45, 2.75) is 73.9 Å². The smallest absolute Gasteiger partial charge is 0.318 e. The second-order valence-corrected chi connectivity index (χ2v) is 11.0. The minimum absolute atomic E-state index is 0. The fourth-order valence-corrected chi connectivity index (χ4v) is 5.61. The first-order chi connectivity index (χ1) is 20.5. The van der Waals surface area contributed by atoms with Crippen molar-refractivity contribution in [2.75, 3.05) is 57.1 Å². The van der Waals surface area contributed by atoms with Crippen molar-refractivity contribution in [3.63, 3.8) is 0 Å². The van der Waals surface area contributed by atoms with Crippen LogP contribution in [0.5, 0.6) is 6.01 Å². The van der Waals surface area contributed by atoms with Crippen LogP contribution in [0.25, 0.3) is 10.9 Å².